The van der Waals surface area contributed by atoms with Crippen LogP contribution in [0.15, 0.2) is 182 Å². The molecule has 4 heteroatoms. The summed E-state index contributed by atoms with van der Waals surface area (Å²) in [5.41, 5.74) is 14.9. The van der Waals surface area contributed by atoms with Crippen molar-refractivity contribution in [3.05, 3.63) is 204 Å². The van der Waals surface area contributed by atoms with Gasteiger partial charge in [-0.1, -0.05) is 158 Å². The van der Waals surface area contributed by atoms with Crippen LogP contribution in [0, 0.1) is 0 Å². The first kappa shape index (κ1) is 29.5. The van der Waals surface area contributed by atoms with Gasteiger partial charge >= 0.3 is 0 Å². The molecule has 8 aromatic rings. The highest BCUT2D eigenvalue weighted by molar-refractivity contribution is 7.00. The predicted molar refractivity (Wildman–Crippen MR) is 270 cm³/mol. The lowest BCUT2D eigenvalue weighted by Crippen LogP contribution is -2.61. The predicted octanol–water partition coefficient (Wildman–Crippen LogP) is 14.1. The molecule has 0 radical (unpaired) electrons. The second-order valence-electron chi connectivity index (χ2n) is 19.6. The first-order chi connectivity index (χ1) is 34.4. The average molecular weight is 826 g/mol. The number of anilines is 9. The molecule has 3 aliphatic rings. The molecule has 308 valence electrons. The van der Waals surface area contributed by atoms with Crippen molar-refractivity contribution < 1.29 is 13.7 Å². The third kappa shape index (κ3) is 6.17. The summed E-state index contributed by atoms with van der Waals surface area (Å²) in [7, 11) is 0. The van der Waals surface area contributed by atoms with Gasteiger partial charge in [0.15, 0.2) is 0 Å². The van der Waals surface area contributed by atoms with Crippen LogP contribution in [0.5, 0.6) is 0 Å². The number of hydrogen-bond acceptors (Lipinski definition) is 3. The molecule has 0 saturated carbocycles. The van der Waals surface area contributed by atoms with Gasteiger partial charge < -0.3 is 14.7 Å². The van der Waals surface area contributed by atoms with E-state index in [1.165, 1.54) is 27.2 Å². The first-order valence-electron chi connectivity index (χ1n) is 26.7. The monoisotopic (exact) mass is 826 g/mol. The lowest BCUT2D eigenvalue weighted by molar-refractivity contribution is 0.590. The number of para-hydroxylation sites is 2. The third-order valence-electron chi connectivity index (χ3n) is 13.3. The van der Waals surface area contributed by atoms with Gasteiger partial charge in [0.05, 0.1) is 13.7 Å². The standard InChI is InChI=1S/C59H54BN3/c1-57(2,3)39-26-29-43(30-27-39)62-53-24-17-25-54-56(53)60(50-34-32-45(38-55(50)62)61(41-18-11-9-12-19-41)42-20-13-10-14-21-42)51-36-40(58(4,5)6)28-35-52(51)63(54)44-31-33-47-46-22-15-16-23-48(46)59(7,8)49(47)37-44/h9-38H,1-8H3/i9D,10D,11D,12D,13D,14D,18D,19D,20D,21D. The average Bonchev–Trinajstić information content (AvgIpc) is 3.59. The van der Waals surface area contributed by atoms with E-state index < -0.39 is 60.4 Å². The molecule has 0 bridgehead atoms. The SMILES string of the molecule is [2H]c1c([2H])c([2H])c(N(c2ccc3c(c2)N(c2ccc(C(C)(C)C)cc2)c2cccc4c2B3c2cc(C(C)(C)C)ccc2N4c2ccc3c(c2)C(C)(C)c2ccccc2-3)c2c([2H])c([2H])c([2H])c([2H])c2[2H])c([2H])c1[2H]. The second-order valence-corrected chi connectivity index (χ2v) is 19.6. The molecule has 0 N–H and O–H groups in total. The summed E-state index contributed by atoms with van der Waals surface area (Å²) in [6.07, 6.45) is 0. The molecule has 0 fully saturated rings. The molecular formula is C59H54BN3. The maximum Gasteiger partial charge on any atom is 0.252 e. The Bertz CT molecular complexity index is 3540. The summed E-state index contributed by atoms with van der Waals surface area (Å²) < 4.78 is 88.9. The van der Waals surface area contributed by atoms with Gasteiger partial charge in [-0.05, 0) is 139 Å². The van der Waals surface area contributed by atoms with E-state index in [1.54, 1.807) is 6.07 Å². The zero-order chi connectivity index (χ0) is 52.1. The topological polar surface area (TPSA) is 9.72 Å². The highest BCUT2D eigenvalue weighted by Crippen LogP contribution is 2.52. The number of benzene rings is 8. The van der Waals surface area contributed by atoms with E-state index in [2.05, 4.69) is 168 Å². The fourth-order valence-corrected chi connectivity index (χ4v) is 10.1. The molecule has 1 aliphatic carbocycles. The van der Waals surface area contributed by atoms with Crippen LogP contribution in [0.2, 0.25) is 0 Å². The van der Waals surface area contributed by atoms with Crippen molar-refractivity contribution in [2.45, 2.75) is 71.6 Å². The number of fused-ring (bicyclic) bond motifs is 7. The van der Waals surface area contributed by atoms with E-state index in [0.717, 1.165) is 56.0 Å². The molecule has 63 heavy (non-hydrogen) atoms. The smallest absolute Gasteiger partial charge is 0.252 e. The minimum absolute atomic E-state index is 0.141. The van der Waals surface area contributed by atoms with Gasteiger partial charge in [-0.2, -0.15) is 0 Å². The van der Waals surface area contributed by atoms with Gasteiger partial charge in [0.1, 0.15) is 0 Å². The van der Waals surface area contributed by atoms with Crippen LogP contribution in [-0.4, -0.2) is 6.71 Å². The zero-order valence-electron chi connectivity index (χ0n) is 47.0. The van der Waals surface area contributed by atoms with Gasteiger partial charge in [-0.15, -0.1) is 0 Å². The van der Waals surface area contributed by atoms with Crippen LogP contribution in [-0.2, 0) is 16.2 Å². The fraction of sp³-hybridized carbons (Fsp3) is 0.186. The molecule has 3 nitrogen and oxygen atoms in total. The Hall–Kier alpha value is -6.78. The van der Waals surface area contributed by atoms with Crippen LogP contribution >= 0.6 is 0 Å². The quantitative estimate of drug-likeness (QED) is 0.160. The second kappa shape index (κ2) is 14.1. The van der Waals surface area contributed by atoms with Gasteiger partial charge in [-0.25, -0.2) is 0 Å². The van der Waals surface area contributed by atoms with Crippen molar-refractivity contribution in [3.8, 4) is 11.1 Å². The minimum Gasteiger partial charge on any atom is -0.311 e. The Morgan fingerprint density at radius 3 is 1.71 bits per heavy atom. The molecule has 8 aromatic carbocycles. The molecule has 0 unspecified atom stereocenters. The molecule has 2 aliphatic heterocycles. The first-order valence-corrected chi connectivity index (χ1v) is 21.7. The Morgan fingerprint density at radius 2 is 1.06 bits per heavy atom. The van der Waals surface area contributed by atoms with Gasteiger partial charge in [0.2, 0.25) is 0 Å². The Morgan fingerprint density at radius 1 is 0.476 bits per heavy atom. The van der Waals surface area contributed by atoms with E-state index in [-0.39, 0.29) is 40.0 Å². The summed E-state index contributed by atoms with van der Waals surface area (Å²) in [5, 5.41) is 0. The molecular weight excluding hydrogens is 761 g/mol. The Balaban J connectivity index is 1.22. The van der Waals surface area contributed by atoms with Crippen molar-refractivity contribution in [2.24, 2.45) is 0 Å². The van der Waals surface area contributed by atoms with Gasteiger partial charge in [0.25, 0.3) is 6.71 Å². The summed E-state index contributed by atoms with van der Waals surface area (Å²) in [4.78, 5) is 5.84. The van der Waals surface area contributed by atoms with E-state index >= 15 is 0 Å². The normalized spacial score (nSPS) is 16.6. The van der Waals surface area contributed by atoms with Crippen LogP contribution in [0.25, 0.3) is 11.1 Å². The van der Waals surface area contributed by atoms with Crippen molar-refractivity contribution >= 4 is 74.3 Å². The zero-order valence-corrected chi connectivity index (χ0v) is 37.0. The molecule has 2 heterocycles. The van der Waals surface area contributed by atoms with Gasteiger partial charge in [0, 0.05) is 56.6 Å². The van der Waals surface area contributed by atoms with Crippen molar-refractivity contribution in [2.75, 3.05) is 14.7 Å². The Labute approximate surface area is 388 Å². The third-order valence-corrected chi connectivity index (χ3v) is 13.3. The Kier molecular flexibility index (Phi) is 6.62. The van der Waals surface area contributed by atoms with E-state index in [0.29, 0.717) is 5.69 Å². The molecule has 0 aromatic heterocycles. The minimum atomic E-state index is -0.622. The maximum absolute atomic E-state index is 9.23. The van der Waals surface area contributed by atoms with E-state index in [4.69, 9.17) is 8.22 Å². The highest BCUT2D eigenvalue weighted by Gasteiger charge is 2.44. The number of nitrogens with zero attached hydrogens (tertiary/aromatic N) is 3. The van der Waals surface area contributed by atoms with Crippen LogP contribution < -0.4 is 31.1 Å². The maximum atomic E-state index is 9.23. The highest BCUT2D eigenvalue weighted by atomic mass is 15.2. The van der Waals surface area contributed by atoms with Crippen molar-refractivity contribution in [1.29, 1.82) is 0 Å². The molecule has 0 atom stereocenters. The van der Waals surface area contributed by atoms with Crippen molar-refractivity contribution in [1.82, 2.24) is 0 Å². The summed E-state index contributed by atoms with van der Waals surface area (Å²) >= 11 is 0. The lowest BCUT2D eigenvalue weighted by Gasteiger charge is -2.45. The van der Waals surface area contributed by atoms with Crippen LogP contribution in [0.3, 0.4) is 0 Å². The molecule has 0 spiro atoms. The lowest BCUT2D eigenvalue weighted by atomic mass is 9.33. The number of hydrogen-bond donors (Lipinski definition) is 0. The van der Waals surface area contributed by atoms with Crippen LogP contribution in [0.4, 0.5) is 51.2 Å². The molecule has 0 amide bonds. The van der Waals surface area contributed by atoms with Crippen LogP contribution in [0.1, 0.15) is 91.4 Å². The summed E-state index contributed by atoms with van der Waals surface area (Å²) in [6.45, 7) is 17.4. The van der Waals surface area contributed by atoms with Crippen molar-refractivity contribution in [3.63, 3.8) is 0 Å². The summed E-state index contributed by atoms with van der Waals surface area (Å²) in [6, 6.07) is 36.7. The van der Waals surface area contributed by atoms with Gasteiger partial charge in [-0.3, -0.25) is 0 Å². The fourth-order valence-electron chi connectivity index (χ4n) is 10.1. The van der Waals surface area contributed by atoms with E-state index in [1.807, 2.05) is 12.1 Å². The molecule has 11 rings (SSSR count). The number of rotatable bonds is 5. The molecule has 0 saturated heterocycles. The largest absolute Gasteiger partial charge is 0.311 e. The van der Waals surface area contributed by atoms with E-state index in [9.17, 15) is 5.48 Å². The summed E-state index contributed by atoms with van der Waals surface area (Å²) in [5.74, 6) is 0.